The van der Waals surface area contributed by atoms with Crippen molar-refractivity contribution < 1.29 is 5.11 Å². The SMILES string of the molecule is CC(C)C1CCC2(C)C3CCC2(C)C(O)C13. The summed E-state index contributed by atoms with van der Waals surface area (Å²) in [6.07, 6.45) is 5.31. The average molecular weight is 222 g/mol. The van der Waals surface area contributed by atoms with Gasteiger partial charge < -0.3 is 5.11 Å². The van der Waals surface area contributed by atoms with Crippen LogP contribution in [0.1, 0.15) is 53.4 Å². The number of aliphatic hydroxyl groups excluding tert-OH is 1. The van der Waals surface area contributed by atoms with Crippen LogP contribution < -0.4 is 0 Å². The lowest BCUT2D eigenvalue weighted by Crippen LogP contribution is -2.39. The van der Waals surface area contributed by atoms with Crippen molar-refractivity contribution in [1.29, 1.82) is 0 Å². The molecule has 0 aromatic carbocycles. The average Bonchev–Trinajstić information content (AvgIpc) is 2.53. The van der Waals surface area contributed by atoms with Gasteiger partial charge in [-0.25, -0.2) is 0 Å². The first kappa shape index (κ1) is 11.1. The van der Waals surface area contributed by atoms with Gasteiger partial charge in [0.05, 0.1) is 6.10 Å². The van der Waals surface area contributed by atoms with E-state index in [0.717, 1.165) is 17.8 Å². The zero-order chi connectivity index (χ0) is 11.7. The first-order valence-corrected chi connectivity index (χ1v) is 7.10. The Hall–Kier alpha value is -0.0400. The van der Waals surface area contributed by atoms with Crippen molar-refractivity contribution in [3.63, 3.8) is 0 Å². The summed E-state index contributed by atoms with van der Waals surface area (Å²) in [5.41, 5.74) is 0.675. The molecule has 1 heteroatoms. The van der Waals surface area contributed by atoms with Gasteiger partial charge in [-0.3, -0.25) is 0 Å². The Morgan fingerprint density at radius 2 is 1.69 bits per heavy atom. The molecule has 1 nitrogen and oxygen atoms in total. The minimum atomic E-state index is -0.0221. The Labute approximate surface area is 99.6 Å². The van der Waals surface area contributed by atoms with Crippen LogP contribution in [0, 0.1) is 34.5 Å². The highest BCUT2D eigenvalue weighted by atomic mass is 16.3. The summed E-state index contributed by atoms with van der Waals surface area (Å²) in [5.74, 6) is 2.94. The second-order valence-corrected chi connectivity index (χ2v) is 7.45. The molecule has 0 amide bonds. The van der Waals surface area contributed by atoms with Crippen molar-refractivity contribution in [3.8, 4) is 0 Å². The highest BCUT2D eigenvalue weighted by Crippen LogP contribution is 2.74. The van der Waals surface area contributed by atoms with E-state index in [1.54, 1.807) is 0 Å². The van der Waals surface area contributed by atoms with E-state index in [4.69, 9.17) is 0 Å². The summed E-state index contributed by atoms with van der Waals surface area (Å²) in [6, 6.07) is 0. The van der Waals surface area contributed by atoms with E-state index in [1.807, 2.05) is 0 Å². The number of hydrogen-bond acceptors (Lipinski definition) is 1. The van der Waals surface area contributed by atoms with Gasteiger partial charge in [-0.05, 0) is 60.2 Å². The van der Waals surface area contributed by atoms with Crippen molar-refractivity contribution in [2.45, 2.75) is 59.5 Å². The Morgan fingerprint density at radius 3 is 2.31 bits per heavy atom. The molecular formula is C15H26O. The minimum Gasteiger partial charge on any atom is -0.392 e. The van der Waals surface area contributed by atoms with Crippen LogP contribution in [0.5, 0.6) is 0 Å². The fraction of sp³-hybridized carbons (Fsp3) is 1.00. The van der Waals surface area contributed by atoms with Crippen LogP contribution in [0.4, 0.5) is 0 Å². The Morgan fingerprint density at radius 1 is 1.06 bits per heavy atom. The molecule has 0 spiro atoms. The summed E-state index contributed by atoms with van der Waals surface area (Å²) in [4.78, 5) is 0. The molecular weight excluding hydrogens is 196 g/mol. The Bertz CT molecular complexity index is 309. The van der Waals surface area contributed by atoms with Crippen LogP contribution in [0.2, 0.25) is 0 Å². The topological polar surface area (TPSA) is 20.2 Å². The molecule has 16 heavy (non-hydrogen) atoms. The van der Waals surface area contributed by atoms with E-state index in [0.29, 0.717) is 11.3 Å². The van der Waals surface area contributed by atoms with Crippen molar-refractivity contribution in [2.75, 3.05) is 0 Å². The highest BCUT2D eigenvalue weighted by molar-refractivity contribution is 5.19. The maximum atomic E-state index is 10.7. The number of rotatable bonds is 1. The second kappa shape index (κ2) is 3.04. The molecule has 3 rings (SSSR count). The lowest BCUT2D eigenvalue weighted by atomic mass is 9.61. The molecule has 3 fully saturated rings. The van der Waals surface area contributed by atoms with Crippen molar-refractivity contribution in [1.82, 2.24) is 0 Å². The smallest absolute Gasteiger partial charge is 0.0632 e. The molecule has 0 aliphatic heterocycles. The molecule has 6 atom stereocenters. The van der Waals surface area contributed by atoms with Crippen LogP contribution in [-0.2, 0) is 0 Å². The first-order chi connectivity index (χ1) is 7.42. The van der Waals surface area contributed by atoms with Crippen LogP contribution in [0.15, 0.2) is 0 Å². The van der Waals surface area contributed by atoms with Gasteiger partial charge in [-0.15, -0.1) is 0 Å². The second-order valence-electron chi connectivity index (χ2n) is 7.45. The summed E-state index contributed by atoms with van der Waals surface area (Å²) in [7, 11) is 0. The number of aliphatic hydroxyl groups is 1. The lowest BCUT2D eigenvalue weighted by Gasteiger charge is -2.43. The van der Waals surface area contributed by atoms with E-state index in [9.17, 15) is 5.11 Å². The molecule has 6 unspecified atom stereocenters. The first-order valence-electron chi connectivity index (χ1n) is 7.10. The van der Waals surface area contributed by atoms with E-state index >= 15 is 0 Å². The Kier molecular flexibility index (Phi) is 2.11. The standard InChI is InChI=1S/C15H26O/c1-9(2)10-5-7-14(3)11-6-8-15(14,4)13(16)12(10)11/h9-13,16H,5-8H2,1-4H3. The fourth-order valence-corrected chi connectivity index (χ4v) is 5.67. The molecule has 1 N–H and O–H groups in total. The molecule has 92 valence electrons. The monoisotopic (exact) mass is 222 g/mol. The van der Waals surface area contributed by atoms with E-state index < -0.39 is 0 Å². The highest BCUT2D eigenvalue weighted by Gasteiger charge is 2.70. The predicted octanol–water partition coefficient (Wildman–Crippen LogP) is 3.47. The van der Waals surface area contributed by atoms with Gasteiger partial charge in [0.1, 0.15) is 0 Å². The van der Waals surface area contributed by atoms with Crippen LogP contribution >= 0.6 is 0 Å². The number of hydrogen-bond donors (Lipinski definition) is 1. The molecule has 0 heterocycles. The molecule has 0 saturated heterocycles. The molecule has 3 aliphatic carbocycles. The maximum Gasteiger partial charge on any atom is 0.0632 e. The predicted molar refractivity (Wildman–Crippen MR) is 66.0 cm³/mol. The fourth-order valence-electron chi connectivity index (χ4n) is 5.67. The molecule has 0 aromatic rings. The third-order valence-corrected chi connectivity index (χ3v) is 6.93. The summed E-state index contributed by atoms with van der Waals surface area (Å²) in [6.45, 7) is 9.51. The normalized spacial score (nSPS) is 59.6. The molecule has 3 aliphatic rings. The van der Waals surface area contributed by atoms with Gasteiger partial charge in [0.15, 0.2) is 0 Å². The van der Waals surface area contributed by atoms with Crippen molar-refractivity contribution >= 4 is 0 Å². The Balaban J connectivity index is 2.03. The van der Waals surface area contributed by atoms with E-state index in [-0.39, 0.29) is 11.5 Å². The molecule has 0 radical (unpaired) electrons. The van der Waals surface area contributed by atoms with Crippen molar-refractivity contribution in [3.05, 3.63) is 0 Å². The zero-order valence-corrected chi connectivity index (χ0v) is 11.2. The lowest BCUT2D eigenvalue weighted by molar-refractivity contribution is -0.0215. The molecule has 0 aromatic heterocycles. The summed E-state index contributed by atoms with van der Waals surface area (Å²) in [5, 5.41) is 10.7. The van der Waals surface area contributed by atoms with Crippen molar-refractivity contribution in [2.24, 2.45) is 34.5 Å². The van der Waals surface area contributed by atoms with Gasteiger partial charge in [0.2, 0.25) is 0 Å². The van der Waals surface area contributed by atoms with E-state index in [2.05, 4.69) is 27.7 Å². The third-order valence-electron chi connectivity index (χ3n) is 6.93. The van der Waals surface area contributed by atoms with E-state index in [1.165, 1.54) is 25.7 Å². The summed E-state index contributed by atoms with van der Waals surface area (Å²) < 4.78 is 0. The van der Waals surface area contributed by atoms with Crippen LogP contribution in [0.25, 0.3) is 0 Å². The quantitative estimate of drug-likeness (QED) is 0.720. The van der Waals surface area contributed by atoms with Gasteiger partial charge >= 0.3 is 0 Å². The van der Waals surface area contributed by atoms with Gasteiger partial charge in [-0.1, -0.05) is 27.7 Å². The zero-order valence-electron chi connectivity index (χ0n) is 11.2. The maximum absolute atomic E-state index is 10.7. The van der Waals surface area contributed by atoms with Gasteiger partial charge in [-0.2, -0.15) is 0 Å². The molecule has 3 saturated carbocycles. The van der Waals surface area contributed by atoms with Gasteiger partial charge in [0, 0.05) is 0 Å². The summed E-state index contributed by atoms with van der Waals surface area (Å²) >= 11 is 0. The van der Waals surface area contributed by atoms with Gasteiger partial charge in [0.25, 0.3) is 0 Å². The molecule has 4 bridgehead atoms. The third kappa shape index (κ3) is 0.978. The van der Waals surface area contributed by atoms with Crippen LogP contribution in [-0.4, -0.2) is 11.2 Å². The largest absolute Gasteiger partial charge is 0.392 e. The minimum absolute atomic E-state index is 0.0221. The van der Waals surface area contributed by atoms with Crippen LogP contribution in [0.3, 0.4) is 0 Å².